The van der Waals surface area contributed by atoms with Crippen molar-refractivity contribution in [2.45, 2.75) is 51.6 Å². The highest BCUT2D eigenvalue weighted by Gasteiger charge is 2.57. The van der Waals surface area contributed by atoms with Crippen molar-refractivity contribution < 1.29 is 29.0 Å². The van der Waals surface area contributed by atoms with Crippen molar-refractivity contribution in [3.63, 3.8) is 0 Å². The maximum atomic E-state index is 12.8. The van der Waals surface area contributed by atoms with E-state index in [1.165, 1.54) is 7.11 Å². The summed E-state index contributed by atoms with van der Waals surface area (Å²) in [5, 5.41) is 9.37. The normalized spacial score (nSPS) is 32.5. The van der Waals surface area contributed by atoms with E-state index in [1.807, 2.05) is 0 Å². The lowest BCUT2D eigenvalue weighted by molar-refractivity contribution is -0.173. The van der Waals surface area contributed by atoms with Gasteiger partial charge in [-0.15, -0.1) is 0 Å². The third kappa shape index (κ3) is 2.57. The Morgan fingerprint density at radius 1 is 1.05 bits per heavy atom. The topological polar surface area (TPSA) is 89.9 Å². The Balaban J connectivity index is 2.17. The number of carboxylic acid groups (broad SMARTS) is 1. The van der Waals surface area contributed by atoms with E-state index >= 15 is 0 Å². The number of methoxy groups -OCH3 is 1. The Labute approximate surface area is 123 Å². The molecular formula is C15H22O6. The van der Waals surface area contributed by atoms with Gasteiger partial charge in [0.25, 0.3) is 0 Å². The summed E-state index contributed by atoms with van der Waals surface area (Å²) in [6, 6.07) is 0. The number of fused-ring (bicyclic) bond motifs is 3. The Bertz CT molecular complexity index is 431. The van der Waals surface area contributed by atoms with Crippen LogP contribution < -0.4 is 0 Å². The zero-order valence-electron chi connectivity index (χ0n) is 12.5. The second-order valence-corrected chi connectivity index (χ2v) is 6.09. The fourth-order valence-electron chi connectivity index (χ4n) is 3.68. The zero-order chi connectivity index (χ0) is 15.7. The lowest BCUT2D eigenvalue weighted by Gasteiger charge is -2.50. The van der Waals surface area contributed by atoms with Crippen LogP contribution in [-0.4, -0.2) is 42.6 Å². The van der Waals surface area contributed by atoms with E-state index in [0.29, 0.717) is 38.5 Å². The lowest BCUT2D eigenvalue weighted by Crippen LogP contribution is -2.53. The predicted molar refractivity (Wildman–Crippen MR) is 72.6 cm³/mol. The number of ketones is 1. The number of carbonyl (C=O) groups excluding carboxylic acids is 2. The summed E-state index contributed by atoms with van der Waals surface area (Å²) in [5.41, 5.74) is -1.29. The fourth-order valence-corrected chi connectivity index (χ4v) is 3.68. The van der Waals surface area contributed by atoms with Gasteiger partial charge in [0.1, 0.15) is 0 Å². The van der Waals surface area contributed by atoms with Crippen molar-refractivity contribution in [2.75, 3.05) is 13.7 Å². The van der Waals surface area contributed by atoms with E-state index in [-0.39, 0.29) is 12.4 Å². The van der Waals surface area contributed by atoms with Crippen molar-refractivity contribution in [3.05, 3.63) is 0 Å². The van der Waals surface area contributed by atoms with E-state index < -0.39 is 28.9 Å². The molecule has 0 aromatic heterocycles. The standard InChI is InChI=1S/C15H22O6/c1-3-21-10(12(17)20-2)11(16)14-4-7-15(8-5-14,9-6-14)13(18)19/h10H,3-9H2,1-2H3,(H,18,19). The first-order valence-corrected chi connectivity index (χ1v) is 7.38. The largest absolute Gasteiger partial charge is 0.481 e. The number of carboxylic acids is 1. The first kappa shape index (κ1) is 15.9. The van der Waals surface area contributed by atoms with E-state index in [2.05, 4.69) is 4.74 Å². The van der Waals surface area contributed by atoms with E-state index in [9.17, 15) is 19.5 Å². The van der Waals surface area contributed by atoms with Gasteiger partial charge in [0.05, 0.1) is 12.5 Å². The summed E-state index contributed by atoms with van der Waals surface area (Å²) in [7, 11) is 1.23. The van der Waals surface area contributed by atoms with Gasteiger partial charge in [-0.2, -0.15) is 0 Å². The number of carbonyl (C=O) groups is 3. The van der Waals surface area contributed by atoms with Crippen molar-refractivity contribution in [1.29, 1.82) is 0 Å². The second kappa shape index (κ2) is 5.75. The van der Waals surface area contributed by atoms with E-state index in [0.717, 1.165) is 0 Å². The average Bonchev–Trinajstić information content (AvgIpc) is 2.52. The summed E-state index contributed by atoms with van der Waals surface area (Å²) >= 11 is 0. The summed E-state index contributed by atoms with van der Waals surface area (Å²) in [6.45, 7) is 1.97. The number of esters is 1. The van der Waals surface area contributed by atoms with Crippen molar-refractivity contribution in [2.24, 2.45) is 10.8 Å². The predicted octanol–water partition coefficient (Wildman–Crippen LogP) is 1.56. The molecule has 3 aliphatic carbocycles. The molecule has 2 bridgehead atoms. The van der Waals surface area contributed by atoms with Crippen LogP contribution in [0.4, 0.5) is 0 Å². The first-order valence-electron chi connectivity index (χ1n) is 7.38. The van der Waals surface area contributed by atoms with Crippen LogP contribution in [0.15, 0.2) is 0 Å². The number of hydrogen-bond acceptors (Lipinski definition) is 5. The number of aliphatic carboxylic acids is 1. The summed E-state index contributed by atoms with van der Waals surface area (Å²) < 4.78 is 9.94. The van der Waals surface area contributed by atoms with Gasteiger partial charge in [0, 0.05) is 12.0 Å². The van der Waals surface area contributed by atoms with Crippen LogP contribution in [0.25, 0.3) is 0 Å². The monoisotopic (exact) mass is 298 g/mol. The van der Waals surface area contributed by atoms with Crippen molar-refractivity contribution in [1.82, 2.24) is 0 Å². The van der Waals surface area contributed by atoms with Gasteiger partial charge in [0.2, 0.25) is 6.10 Å². The molecular weight excluding hydrogens is 276 g/mol. The molecule has 118 valence electrons. The highest BCUT2D eigenvalue weighted by Crippen LogP contribution is 2.57. The molecule has 0 spiro atoms. The van der Waals surface area contributed by atoms with Crippen LogP contribution in [0, 0.1) is 10.8 Å². The maximum absolute atomic E-state index is 12.8. The number of hydrogen-bond donors (Lipinski definition) is 1. The smallest absolute Gasteiger partial charge is 0.342 e. The Hall–Kier alpha value is -1.43. The van der Waals surface area contributed by atoms with Crippen molar-refractivity contribution >= 4 is 17.7 Å². The number of ether oxygens (including phenoxy) is 2. The maximum Gasteiger partial charge on any atom is 0.342 e. The van der Waals surface area contributed by atoms with E-state index in [4.69, 9.17) is 4.74 Å². The molecule has 3 rings (SSSR count). The molecule has 0 heterocycles. The number of Topliss-reactive ketones (excluding diaryl/α,β-unsaturated/α-hetero) is 1. The second-order valence-electron chi connectivity index (χ2n) is 6.09. The number of rotatable bonds is 6. The van der Waals surface area contributed by atoms with Crippen LogP contribution >= 0.6 is 0 Å². The average molecular weight is 298 g/mol. The molecule has 1 unspecified atom stereocenters. The molecule has 1 atom stereocenters. The highest BCUT2D eigenvalue weighted by atomic mass is 16.6. The van der Waals surface area contributed by atoms with Gasteiger partial charge in [0.15, 0.2) is 5.78 Å². The van der Waals surface area contributed by atoms with E-state index in [1.54, 1.807) is 6.92 Å². The van der Waals surface area contributed by atoms with Gasteiger partial charge < -0.3 is 14.6 Å². The molecule has 3 aliphatic rings. The minimum Gasteiger partial charge on any atom is -0.481 e. The van der Waals surface area contributed by atoms with Crippen LogP contribution in [-0.2, 0) is 23.9 Å². The molecule has 0 aromatic rings. The van der Waals surface area contributed by atoms with Gasteiger partial charge in [-0.25, -0.2) is 4.79 Å². The fraction of sp³-hybridized carbons (Fsp3) is 0.800. The Morgan fingerprint density at radius 2 is 1.52 bits per heavy atom. The first-order chi connectivity index (χ1) is 9.91. The summed E-state index contributed by atoms with van der Waals surface area (Å²) in [4.78, 5) is 35.9. The highest BCUT2D eigenvalue weighted by molar-refractivity contribution is 6.05. The van der Waals surface area contributed by atoms with Crippen LogP contribution in [0.3, 0.4) is 0 Å². The van der Waals surface area contributed by atoms with Crippen LogP contribution in [0.2, 0.25) is 0 Å². The summed E-state index contributed by atoms with van der Waals surface area (Å²) in [6.07, 6.45) is 1.84. The quantitative estimate of drug-likeness (QED) is 0.591. The molecule has 3 saturated carbocycles. The van der Waals surface area contributed by atoms with Gasteiger partial charge >= 0.3 is 11.9 Å². The minimum atomic E-state index is -1.18. The Kier molecular flexibility index (Phi) is 4.37. The van der Waals surface area contributed by atoms with Crippen LogP contribution in [0.1, 0.15) is 45.4 Å². The molecule has 0 saturated heterocycles. The molecule has 6 nitrogen and oxygen atoms in total. The zero-order valence-corrected chi connectivity index (χ0v) is 12.5. The van der Waals surface area contributed by atoms with Gasteiger partial charge in [-0.05, 0) is 45.4 Å². The third-order valence-electron chi connectivity index (χ3n) is 5.21. The van der Waals surface area contributed by atoms with Gasteiger partial charge in [-0.1, -0.05) is 0 Å². The van der Waals surface area contributed by atoms with Gasteiger partial charge in [-0.3, -0.25) is 9.59 Å². The SMILES string of the molecule is CCOC(C(=O)OC)C(=O)C12CCC(C(=O)O)(CC1)CC2. The molecule has 0 amide bonds. The molecule has 6 heteroatoms. The van der Waals surface area contributed by atoms with Crippen LogP contribution in [0.5, 0.6) is 0 Å². The third-order valence-corrected chi connectivity index (χ3v) is 5.21. The molecule has 0 aromatic carbocycles. The molecule has 21 heavy (non-hydrogen) atoms. The molecule has 1 N–H and O–H groups in total. The summed E-state index contributed by atoms with van der Waals surface area (Å²) in [5.74, 6) is -1.68. The molecule has 3 fully saturated rings. The lowest BCUT2D eigenvalue weighted by atomic mass is 9.52. The van der Waals surface area contributed by atoms with Crippen molar-refractivity contribution in [3.8, 4) is 0 Å². The Morgan fingerprint density at radius 3 is 1.90 bits per heavy atom. The minimum absolute atomic E-state index is 0.241. The molecule has 0 aliphatic heterocycles. The molecule has 0 radical (unpaired) electrons.